The highest BCUT2D eigenvalue weighted by Crippen LogP contribution is 2.23. The van der Waals surface area contributed by atoms with Crippen molar-refractivity contribution in [3.05, 3.63) is 29.3 Å². The molecule has 0 spiro atoms. The average molecular weight is 247 g/mol. The summed E-state index contributed by atoms with van der Waals surface area (Å²) < 4.78 is 0. The Bertz CT molecular complexity index is 437. The summed E-state index contributed by atoms with van der Waals surface area (Å²) in [6, 6.07) is 6.13. The summed E-state index contributed by atoms with van der Waals surface area (Å²) in [5, 5.41) is 3.33. The fraction of sp³-hybridized carbons (Fsp3) is 0.500. The van der Waals surface area contributed by atoms with E-state index in [0.717, 1.165) is 43.0 Å². The minimum absolute atomic E-state index is 0.0761. The van der Waals surface area contributed by atoms with Crippen LogP contribution in [-0.4, -0.2) is 51.1 Å². The van der Waals surface area contributed by atoms with Crippen LogP contribution in [0.15, 0.2) is 18.2 Å². The first-order valence-electron chi connectivity index (χ1n) is 6.37. The number of carbonyl (C=O) groups excluding carboxylic acids is 1. The van der Waals surface area contributed by atoms with E-state index in [1.807, 2.05) is 13.0 Å². The molecule has 0 unspecified atom stereocenters. The molecule has 1 saturated heterocycles. The molecule has 1 aliphatic heterocycles. The SMILES string of the molecule is Cc1ccc(N2CCNCC2)c(C(=O)N(C)C)c1. The van der Waals surface area contributed by atoms with Crippen LogP contribution in [0.4, 0.5) is 5.69 Å². The van der Waals surface area contributed by atoms with Gasteiger partial charge in [0, 0.05) is 46.0 Å². The van der Waals surface area contributed by atoms with Crippen LogP contribution in [0.3, 0.4) is 0 Å². The smallest absolute Gasteiger partial charge is 0.255 e. The summed E-state index contributed by atoms with van der Waals surface area (Å²) in [5.41, 5.74) is 2.99. The number of anilines is 1. The summed E-state index contributed by atoms with van der Waals surface area (Å²) in [7, 11) is 3.60. The second-order valence-corrected chi connectivity index (χ2v) is 4.96. The number of aryl methyl sites for hydroxylation is 1. The Hall–Kier alpha value is -1.55. The Morgan fingerprint density at radius 2 is 1.94 bits per heavy atom. The van der Waals surface area contributed by atoms with Gasteiger partial charge in [-0.3, -0.25) is 4.79 Å². The molecule has 0 radical (unpaired) electrons. The van der Waals surface area contributed by atoms with E-state index < -0.39 is 0 Å². The second kappa shape index (κ2) is 5.40. The molecule has 2 rings (SSSR count). The summed E-state index contributed by atoms with van der Waals surface area (Å²) in [4.78, 5) is 16.2. The summed E-state index contributed by atoms with van der Waals surface area (Å²) >= 11 is 0. The van der Waals surface area contributed by atoms with Crippen LogP contribution in [0, 0.1) is 6.92 Å². The van der Waals surface area contributed by atoms with Gasteiger partial charge in [0.2, 0.25) is 0 Å². The normalized spacial score (nSPS) is 15.6. The number of piperazine rings is 1. The molecule has 98 valence electrons. The molecule has 0 bridgehead atoms. The van der Waals surface area contributed by atoms with Crippen LogP contribution in [0.5, 0.6) is 0 Å². The van der Waals surface area contributed by atoms with Gasteiger partial charge in [0.15, 0.2) is 0 Å². The summed E-state index contributed by atoms with van der Waals surface area (Å²) in [6.45, 7) is 5.88. The largest absolute Gasteiger partial charge is 0.368 e. The summed E-state index contributed by atoms with van der Waals surface area (Å²) in [5.74, 6) is 0.0761. The van der Waals surface area contributed by atoms with Crippen molar-refractivity contribution in [2.45, 2.75) is 6.92 Å². The van der Waals surface area contributed by atoms with Gasteiger partial charge < -0.3 is 15.1 Å². The Balaban J connectivity index is 2.36. The molecule has 1 aliphatic rings. The molecule has 1 aromatic rings. The van der Waals surface area contributed by atoms with Crippen molar-refractivity contribution < 1.29 is 4.79 Å². The molecule has 1 heterocycles. The number of hydrogen-bond donors (Lipinski definition) is 1. The third-order valence-electron chi connectivity index (χ3n) is 3.25. The topological polar surface area (TPSA) is 35.6 Å². The van der Waals surface area contributed by atoms with Crippen LogP contribution < -0.4 is 10.2 Å². The van der Waals surface area contributed by atoms with Crippen molar-refractivity contribution in [1.29, 1.82) is 0 Å². The first kappa shape index (κ1) is 12.9. The standard InChI is InChI=1S/C14H21N3O/c1-11-4-5-13(17-8-6-15-7-9-17)12(10-11)14(18)16(2)3/h4-5,10,15H,6-9H2,1-3H3. The highest BCUT2D eigenvalue weighted by atomic mass is 16.2. The van der Waals surface area contributed by atoms with E-state index in [1.165, 1.54) is 0 Å². The molecule has 1 fully saturated rings. The maximum Gasteiger partial charge on any atom is 0.255 e. The molecule has 18 heavy (non-hydrogen) atoms. The third-order valence-corrected chi connectivity index (χ3v) is 3.25. The second-order valence-electron chi connectivity index (χ2n) is 4.96. The Labute approximate surface area is 109 Å². The minimum atomic E-state index is 0.0761. The monoisotopic (exact) mass is 247 g/mol. The first-order chi connectivity index (χ1) is 8.59. The average Bonchev–Trinajstić information content (AvgIpc) is 2.38. The van der Waals surface area contributed by atoms with Crippen LogP contribution in [0.25, 0.3) is 0 Å². The van der Waals surface area contributed by atoms with E-state index >= 15 is 0 Å². The van der Waals surface area contributed by atoms with Crippen molar-refractivity contribution in [1.82, 2.24) is 10.2 Å². The number of amides is 1. The van der Waals surface area contributed by atoms with Gasteiger partial charge in [0.1, 0.15) is 0 Å². The zero-order valence-electron chi connectivity index (χ0n) is 11.4. The Morgan fingerprint density at radius 1 is 1.28 bits per heavy atom. The zero-order chi connectivity index (χ0) is 13.1. The predicted octanol–water partition coefficient (Wildman–Crippen LogP) is 1.11. The fourth-order valence-electron chi connectivity index (χ4n) is 2.24. The number of nitrogens with zero attached hydrogens (tertiary/aromatic N) is 2. The lowest BCUT2D eigenvalue weighted by atomic mass is 10.1. The van der Waals surface area contributed by atoms with Crippen molar-refractivity contribution >= 4 is 11.6 Å². The van der Waals surface area contributed by atoms with Crippen LogP contribution in [0.1, 0.15) is 15.9 Å². The van der Waals surface area contributed by atoms with Gasteiger partial charge >= 0.3 is 0 Å². The third kappa shape index (κ3) is 2.64. The van der Waals surface area contributed by atoms with E-state index in [4.69, 9.17) is 0 Å². The molecule has 0 aromatic heterocycles. The molecule has 1 aromatic carbocycles. The van der Waals surface area contributed by atoms with Gasteiger partial charge in [-0.15, -0.1) is 0 Å². The molecule has 4 nitrogen and oxygen atoms in total. The Morgan fingerprint density at radius 3 is 2.56 bits per heavy atom. The number of hydrogen-bond acceptors (Lipinski definition) is 3. The number of carbonyl (C=O) groups is 1. The van der Waals surface area contributed by atoms with E-state index in [9.17, 15) is 4.79 Å². The van der Waals surface area contributed by atoms with Crippen molar-refractivity contribution in [2.24, 2.45) is 0 Å². The highest BCUT2D eigenvalue weighted by Gasteiger charge is 2.19. The maximum absolute atomic E-state index is 12.2. The van der Waals surface area contributed by atoms with Crippen molar-refractivity contribution in [3.8, 4) is 0 Å². The van der Waals surface area contributed by atoms with E-state index in [2.05, 4.69) is 22.3 Å². The van der Waals surface area contributed by atoms with E-state index in [1.54, 1.807) is 19.0 Å². The van der Waals surface area contributed by atoms with Crippen LogP contribution in [-0.2, 0) is 0 Å². The summed E-state index contributed by atoms with van der Waals surface area (Å²) in [6.07, 6.45) is 0. The number of nitrogens with one attached hydrogen (secondary N) is 1. The molecule has 4 heteroatoms. The molecule has 0 saturated carbocycles. The van der Waals surface area contributed by atoms with Gasteiger partial charge in [0.25, 0.3) is 5.91 Å². The molecular weight excluding hydrogens is 226 g/mol. The van der Waals surface area contributed by atoms with Crippen molar-refractivity contribution in [2.75, 3.05) is 45.2 Å². The van der Waals surface area contributed by atoms with Crippen LogP contribution >= 0.6 is 0 Å². The van der Waals surface area contributed by atoms with Crippen LogP contribution in [0.2, 0.25) is 0 Å². The van der Waals surface area contributed by atoms with Gasteiger partial charge in [-0.2, -0.15) is 0 Å². The highest BCUT2D eigenvalue weighted by molar-refractivity contribution is 5.99. The predicted molar refractivity (Wildman–Crippen MR) is 74.3 cm³/mol. The van der Waals surface area contributed by atoms with Gasteiger partial charge in [0.05, 0.1) is 5.56 Å². The zero-order valence-corrected chi connectivity index (χ0v) is 11.4. The fourth-order valence-corrected chi connectivity index (χ4v) is 2.24. The molecule has 1 N–H and O–H groups in total. The quantitative estimate of drug-likeness (QED) is 0.850. The number of benzene rings is 1. The van der Waals surface area contributed by atoms with E-state index in [0.29, 0.717) is 0 Å². The van der Waals surface area contributed by atoms with Gasteiger partial charge in [-0.05, 0) is 19.1 Å². The number of rotatable bonds is 2. The molecule has 0 aliphatic carbocycles. The lowest BCUT2D eigenvalue weighted by molar-refractivity contribution is 0.0828. The van der Waals surface area contributed by atoms with E-state index in [-0.39, 0.29) is 5.91 Å². The molecule has 0 atom stereocenters. The minimum Gasteiger partial charge on any atom is -0.368 e. The molecular formula is C14H21N3O. The van der Waals surface area contributed by atoms with Gasteiger partial charge in [-0.1, -0.05) is 11.6 Å². The van der Waals surface area contributed by atoms with Gasteiger partial charge in [-0.25, -0.2) is 0 Å². The Kier molecular flexibility index (Phi) is 3.87. The first-order valence-corrected chi connectivity index (χ1v) is 6.37. The lowest BCUT2D eigenvalue weighted by Gasteiger charge is -2.31. The lowest BCUT2D eigenvalue weighted by Crippen LogP contribution is -2.44. The maximum atomic E-state index is 12.2. The van der Waals surface area contributed by atoms with Crippen molar-refractivity contribution in [3.63, 3.8) is 0 Å². The molecule has 1 amide bonds.